The van der Waals surface area contributed by atoms with Crippen LogP contribution in [0.3, 0.4) is 0 Å². The quantitative estimate of drug-likeness (QED) is 0.711. The molecule has 2 rings (SSSR count). The Balaban J connectivity index is 1.92. The lowest BCUT2D eigenvalue weighted by molar-refractivity contribution is 0.0471. The van der Waals surface area contributed by atoms with Gasteiger partial charge in [0.15, 0.2) is 0 Å². The van der Waals surface area contributed by atoms with Gasteiger partial charge in [0.05, 0.1) is 0 Å². The maximum absolute atomic E-state index is 11.8. The molecule has 17 heavy (non-hydrogen) atoms. The number of ether oxygens (including phenoxy) is 1. The molecular weight excluding hydrogens is 214 g/mol. The minimum absolute atomic E-state index is 0.271. The number of carbonyl (C=O) groups excluding carboxylic acids is 1. The molecule has 0 aromatic heterocycles. The van der Waals surface area contributed by atoms with Crippen LogP contribution in [0.5, 0.6) is 0 Å². The third kappa shape index (κ3) is 3.02. The van der Waals surface area contributed by atoms with Crippen molar-refractivity contribution in [1.82, 2.24) is 5.32 Å². The zero-order valence-corrected chi connectivity index (χ0v) is 11.1. The van der Waals surface area contributed by atoms with Crippen molar-refractivity contribution in [2.75, 3.05) is 0 Å². The van der Waals surface area contributed by atoms with E-state index in [0.29, 0.717) is 17.9 Å². The van der Waals surface area contributed by atoms with Gasteiger partial charge in [0.2, 0.25) is 0 Å². The van der Waals surface area contributed by atoms with E-state index in [9.17, 15) is 4.79 Å². The highest BCUT2D eigenvalue weighted by Gasteiger charge is 2.41. The van der Waals surface area contributed by atoms with E-state index in [2.05, 4.69) is 11.9 Å². The molecular formula is C14H23NO2. The average Bonchev–Trinajstić information content (AvgIpc) is 2.42. The Hall–Kier alpha value is -0.990. The minimum Gasteiger partial charge on any atom is -0.444 e. The zero-order valence-electron chi connectivity index (χ0n) is 11.1. The molecule has 0 aliphatic heterocycles. The second-order valence-corrected chi connectivity index (χ2v) is 6.43. The van der Waals surface area contributed by atoms with E-state index in [1.165, 1.54) is 18.4 Å². The van der Waals surface area contributed by atoms with E-state index in [-0.39, 0.29) is 6.09 Å². The van der Waals surface area contributed by atoms with Crippen molar-refractivity contribution >= 4 is 6.09 Å². The van der Waals surface area contributed by atoms with Crippen LogP contribution in [-0.4, -0.2) is 17.7 Å². The summed E-state index contributed by atoms with van der Waals surface area (Å²) in [5.74, 6) is 1.16. The van der Waals surface area contributed by atoms with Gasteiger partial charge in [-0.1, -0.05) is 12.2 Å². The van der Waals surface area contributed by atoms with Crippen molar-refractivity contribution in [2.24, 2.45) is 11.8 Å². The smallest absolute Gasteiger partial charge is 0.407 e. The maximum Gasteiger partial charge on any atom is 0.407 e. The predicted molar refractivity (Wildman–Crippen MR) is 67.7 cm³/mol. The van der Waals surface area contributed by atoms with Gasteiger partial charge in [0.25, 0.3) is 0 Å². The van der Waals surface area contributed by atoms with Crippen molar-refractivity contribution in [2.45, 2.75) is 58.1 Å². The van der Waals surface area contributed by atoms with Crippen molar-refractivity contribution in [3.8, 4) is 0 Å². The lowest BCUT2D eigenvalue weighted by Gasteiger charge is -2.32. The Morgan fingerprint density at radius 2 is 1.82 bits per heavy atom. The van der Waals surface area contributed by atoms with Gasteiger partial charge < -0.3 is 10.1 Å². The third-order valence-corrected chi connectivity index (χ3v) is 3.71. The van der Waals surface area contributed by atoms with Gasteiger partial charge in [-0.3, -0.25) is 0 Å². The molecule has 0 aromatic carbocycles. The van der Waals surface area contributed by atoms with E-state index in [0.717, 1.165) is 12.8 Å². The monoisotopic (exact) mass is 237 g/mol. The fourth-order valence-electron chi connectivity index (χ4n) is 3.13. The summed E-state index contributed by atoms with van der Waals surface area (Å²) in [6.45, 7) is 9.76. The summed E-state index contributed by atoms with van der Waals surface area (Å²) in [6.07, 6.45) is 4.29. The molecule has 2 aliphatic carbocycles. The second-order valence-electron chi connectivity index (χ2n) is 6.43. The molecule has 2 bridgehead atoms. The number of amides is 1. The first-order valence-corrected chi connectivity index (χ1v) is 6.51. The third-order valence-electron chi connectivity index (χ3n) is 3.71. The summed E-state index contributed by atoms with van der Waals surface area (Å²) in [6, 6.07) is 0.301. The van der Waals surface area contributed by atoms with Crippen LogP contribution < -0.4 is 5.32 Å². The molecule has 2 fully saturated rings. The molecule has 2 aliphatic rings. The molecule has 2 saturated carbocycles. The lowest BCUT2D eigenvalue weighted by Crippen LogP contribution is -2.45. The topological polar surface area (TPSA) is 38.3 Å². The first-order valence-electron chi connectivity index (χ1n) is 6.51. The minimum atomic E-state index is -0.415. The normalized spacial score (nSPS) is 32.4. The number of nitrogens with one attached hydrogen (secondary N) is 1. The summed E-state index contributed by atoms with van der Waals surface area (Å²) in [5.41, 5.74) is 0.932. The van der Waals surface area contributed by atoms with Gasteiger partial charge in [-0.2, -0.15) is 0 Å². The molecule has 0 radical (unpaired) electrons. The second kappa shape index (κ2) is 4.35. The fraction of sp³-hybridized carbons (Fsp3) is 0.786. The van der Waals surface area contributed by atoms with Crippen LogP contribution in [0.25, 0.3) is 0 Å². The number of fused-ring (bicyclic) bond motifs is 2. The molecule has 1 N–H and O–H groups in total. The van der Waals surface area contributed by atoms with Crippen LogP contribution in [0, 0.1) is 11.8 Å². The van der Waals surface area contributed by atoms with Crippen molar-refractivity contribution in [1.29, 1.82) is 0 Å². The van der Waals surface area contributed by atoms with E-state index in [1.54, 1.807) is 0 Å². The largest absolute Gasteiger partial charge is 0.444 e. The molecule has 96 valence electrons. The van der Waals surface area contributed by atoms with Crippen LogP contribution in [-0.2, 0) is 4.74 Å². The summed E-state index contributed by atoms with van der Waals surface area (Å²) in [5, 5.41) is 3.06. The standard InChI is InChI=1S/C14H23NO2/c1-9-7-10-5-6-11(8-9)12(10)15-13(16)17-14(2,3)4/h10-12H,1,5-8H2,2-4H3,(H,15,16). The Morgan fingerprint density at radius 3 is 2.29 bits per heavy atom. The first-order chi connectivity index (χ1) is 7.85. The van der Waals surface area contributed by atoms with Gasteiger partial charge in [0.1, 0.15) is 5.60 Å². The first kappa shape index (κ1) is 12.5. The average molecular weight is 237 g/mol. The summed E-state index contributed by atoms with van der Waals surface area (Å²) in [4.78, 5) is 11.8. The summed E-state index contributed by atoms with van der Waals surface area (Å²) < 4.78 is 5.32. The zero-order chi connectivity index (χ0) is 12.6. The van der Waals surface area contributed by atoms with Crippen molar-refractivity contribution in [3.05, 3.63) is 12.2 Å². The Bertz CT molecular complexity index is 314. The molecule has 0 spiro atoms. The number of alkyl carbamates (subject to hydrolysis) is 1. The van der Waals surface area contributed by atoms with Crippen LogP contribution in [0.15, 0.2) is 12.2 Å². The maximum atomic E-state index is 11.8. The predicted octanol–water partition coefficient (Wildman–Crippen LogP) is 3.26. The molecule has 0 heterocycles. The summed E-state index contributed by atoms with van der Waals surface area (Å²) >= 11 is 0. The van der Waals surface area contributed by atoms with E-state index in [1.807, 2.05) is 20.8 Å². The Labute approximate surface area is 104 Å². The molecule has 0 saturated heterocycles. The molecule has 2 unspecified atom stereocenters. The fourth-order valence-corrected chi connectivity index (χ4v) is 3.13. The Morgan fingerprint density at radius 1 is 1.29 bits per heavy atom. The highest BCUT2D eigenvalue weighted by molar-refractivity contribution is 5.68. The van der Waals surface area contributed by atoms with Gasteiger partial charge in [-0.05, 0) is 58.3 Å². The van der Waals surface area contributed by atoms with Crippen LogP contribution in [0.1, 0.15) is 46.5 Å². The van der Waals surface area contributed by atoms with Crippen LogP contribution in [0.4, 0.5) is 4.79 Å². The molecule has 3 heteroatoms. The number of rotatable bonds is 1. The molecule has 3 nitrogen and oxygen atoms in total. The summed E-state index contributed by atoms with van der Waals surface area (Å²) in [7, 11) is 0. The van der Waals surface area contributed by atoms with Gasteiger partial charge in [-0.25, -0.2) is 4.79 Å². The molecule has 0 aromatic rings. The van der Waals surface area contributed by atoms with Crippen LogP contribution in [0.2, 0.25) is 0 Å². The molecule has 1 amide bonds. The van der Waals surface area contributed by atoms with E-state index < -0.39 is 5.60 Å². The Kier molecular flexibility index (Phi) is 3.19. The van der Waals surface area contributed by atoms with E-state index >= 15 is 0 Å². The lowest BCUT2D eigenvalue weighted by atomic mass is 9.81. The highest BCUT2D eigenvalue weighted by Crippen LogP contribution is 2.44. The van der Waals surface area contributed by atoms with Crippen molar-refractivity contribution < 1.29 is 9.53 Å². The number of allylic oxidation sites excluding steroid dienone is 1. The number of hydrogen-bond donors (Lipinski definition) is 1. The molecule has 2 atom stereocenters. The van der Waals surface area contributed by atoms with Gasteiger partial charge in [-0.15, -0.1) is 0 Å². The van der Waals surface area contributed by atoms with Crippen LogP contribution >= 0.6 is 0 Å². The number of carbonyl (C=O) groups is 1. The van der Waals surface area contributed by atoms with Gasteiger partial charge in [0, 0.05) is 6.04 Å². The van der Waals surface area contributed by atoms with Crippen molar-refractivity contribution in [3.63, 3.8) is 0 Å². The van der Waals surface area contributed by atoms with E-state index in [4.69, 9.17) is 4.74 Å². The van der Waals surface area contributed by atoms with Gasteiger partial charge >= 0.3 is 6.09 Å². The highest BCUT2D eigenvalue weighted by atomic mass is 16.6. The number of hydrogen-bond acceptors (Lipinski definition) is 2. The SMILES string of the molecule is C=C1CC2CCC(C1)C2NC(=O)OC(C)(C)C.